The SMILES string of the molecule is C=C(c1ccccc1C#N)N1CCN(C(=O)c2cnn3c(C(F)(F)F)c(C)c(-c4ccc(OC)cc4)nc23)[C@H](C)C1. The van der Waals surface area contributed by atoms with E-state index in [0.29, 0.717) is 46.7 Å². The summed E-state index contributed by atoms with van der Waals surface area (Å²) in [5, 5.41) is 13.4. The molecule has 1 atom stereocenters. The van der Waals surface area contributed by atoms with E-state index in [1.54, 1.807) is 41.3 Å². The molecule has 0 N–H and O–H groups in total. The lowest BCUT2D eigenvalue weighted by molar-refractivity contribution is -0.143. The molecule has 0 unspecified atom stereocenters. The highest BCUT2D eigenvalue weighted by Gasteiger charge is 2.39. The van der Waals surface area contributed by atoms with Crippen molar-refractivity contribution in [3.63, 3.8) is 0 Å². The van der Waals surface area contributed by atoms with E-state index in [1.807, 2.05) is 24.0 Å². The molecular formula is C30H27F3N6O2. The third-order valence-electron chi connectivity index (χ3n) is 7.37. The van der Waals surface area contributed by atoms with Gasteiger partial charge in [0.1, 0.15) is 11.3 Å². The largest absolute Gasteiger partial charge is 0.497 e. The summed E-state index contributed by atoms with van der Waals surface area (Å²) in [6.07, 6.45) is -3.59. The number of methoxy groups -OCH3 is 1. The van der Waals surface area contributed by atoms with E-state index in [0.717, 1.165) is 11.8 Å². The fraction of sp³-hybridized carbons (Fsp3) is 0.267. The number of halogens is 3. The highest BCUT2D eigenvalue weighted by molar-refractivity contribution is 6.00. The zero-order valence-electron chi connectivity index (χ0n) is 22.7. The van der Waals surface area contributed by atoms with Gasteiger partial charge in [-0.15, -0.1) is 0 Å². The van der Waals surface area contributed by atoms with Crippen LogP contribution in [0.5, 0.6) is 5.75 Å². The van der Waals surface area contributed by atoms with Crippen LogP contribution in [0.3, 0.4) is 0 Å². The maximum atomic E-state index is 14.3. The number of aromatic nitrogens is 3. The summed E-state index contributed by atoms with van der Waals surface area (Å²) >= 11 is 0. The molecule has 41 heavy (non-hydrogen) atoms. The summed E-state index contributed by atoms with van der Waals surface area (Å²) in [4.78, 5) is 21.9. The number of piperazine rings is 1. The second-order valence-electron chi connectivity index (χ2n) is 9.85. The smallest absolute Gasteiger partial charge is 0.433 e. The van der Waals surface area contributed by atoms with E-state index >= 15 is 0 Å². The Hall–Kier alpha value is -4.85. The maximum absolute atomic E-state index is 14.3. The molecule has 1 aliphatic rings. The second-order valence-corrected chi connectivity index (χ2v) is 9.85. The Bertz CT molecular complexity index is 1690. The number of benzene rings is 2. The first-order chi connectivity index (χ1) is 19.5. The second kappa shape index (κ2) is 10.6. The summed E-state index contributed by atoms with van der Waals surface area (Å²) in [5.74, 6) is 0.0935. The van der Waals surface area contributed by atoms with Crippen LogP contribution in [0.1, 0.15) is 39.7 Å². The Kier molecular flexibility index (Phi) is 7.17. The van der Waals surface area contributed by atoms with Gasteiger partial charge in [0.15, 0.2) is 11.3 Å². The van der Waals surface area contributed by atoms with Gasteiger partial charge < -0.3 is 14.5 Å². The standard InChI is InChI=1S/C30H27F3N6O2/c1-18-17-37(20(3)24-8-6-5-7-22(24)15-34)13-14-38(18)29(40)25-16-35-39-27(30(31,32)33)19(2)26(36-28(25)39)21-9-11-23(41-4)12-10-21/h5-12,16,18H,3,13-14,17H2,1-2,4H3/t18-/m1/s1. The van der Waals surface area contributed by atoms with Crippen molar-refractivity contribution in [3.8, 4) is 23.1 Å². The minimum Gasteiger partial charge on any atom is -0.497 e. The van der Waals surface area contributed by atoms with Crippen molar-refractivity contribution in [3.05, 3.63) is 89.3 Å². The van der Waals surface area contributed by atoms with Gasteiger partial charge in [0.25, 0.3) is 5.91 Å². The lowest BCUT2D eigenvalue weighted by Gasteiger charge is -2.41. The van der Waals surface area contributed by atoms with Crippen LogP contribution in [0.25, 0.3) is 22.6 Å². The zero-order chi connectivity index (χ0) is 29.5. The molecule has 2 aromatic heterocycles. The molecule has 1 saturated heterocycles. The van der Waals surface area contributed by atoms with Crippen LogP contribution in [0.4, 0.5) is 13.2 Å². The molecule has 0 aliphatic carbocycles. The fourth-order valence-corrected chi connectivity index (χ4v) is 5.25. The number of amides is 1. The van der Waals surface area contributed by atoms with Crippen LogP contribution in [-0.2, 0) is 6.18 Å². The van der Waals surface area contributed by atoms with Gasteiger partial charge >= 0.3 is 6.18 Å². The van der Waals surface area contributed by atoms with Crippen molar-refractivity contribution < 1.29 is 22.7 Å². The Morgan fingerprint density at radius 2 is 1.83 bits per heavy atom. The van der Waals surface area contributed by atoms with E-state index in [-0.39, 0.29) is 28.5 Å². The lowest BCUT2D eigenvalue weighted by Crippen LogP contribution is -2.53. The van der Waals surface area contributed by atoms with E-state index in [4.69, 9.17) is 4.74 Å². The molecule has 11 heteroatoms. The zero-order valence-corrected chi connectivity index (χ0v) is 22.7. The average Bonchev–Trinajstić information content (AvgIpc) is 3.38. The third-order valence-corrected chi connectivity index (χ3v) is 7.37. The first-order valence-corrected chi connectivity index (χ1v) is 12.9. The predicted octanol–water partition coefficient (Wildman–Crippen LogP) is 5.42. The summed E-state index contributed by atoms with van der Waals surface area (Å²) in [5.41, 5.74) is 1.18. The first kappa shape index (κ1) is 27.7. The Labute approximate surface area is 234 Å². The molecule has 0 spiro atoms. The van der Waals surface area contributed by atoms with Crippen LogP contribution in [0, 0.1) is 18.3 Å². The van der Waals surface area contributed by atoms with Gasteiger partial charge in [-0.25, -0.2) is 9.50 Å². The van der Waals surface area contributed by atoms with Gasteiger partial charge in [-0.2, -0.15) is 23.5 Å². The number of fused-ring (bicyclic) bond motifs is 1. The monoisotopic (exact) mass is 560 g/mol. The molecular weight excluding hydrogens is 533 g/mol. The number of alkyl halides is 3. The Morgan fingerprint density at radius 1 is 1.12 bits per heavy atom. The number of carbonyl (C=O) groups excluding carboxylic acids is 1. The number of rotatable bonds is 5. The molecule has 0 radical (unpaired) electrons. The van der Waals surface area contributed by atoms with E-state index in [1.165, 1.54) is 14.0 Å². The van der Waals surface area contributed by atoms with Crippen molar-refractivity contribution in [1.82, 2.24) is 24.4 Å². The summed E-state index contributed by atoms with van der Waals surface area (Å²) in [6, 6.07) is 15.6. The van der Waals surface area contributed by atoms with E-state index < -0.39 is 17.8 Å². The molecule has 1 amide bonds. The number of carbonyl (C=O) groups is 1. The molecule has 8 nitrogen and oxygen atoms in total. The van der Waals surface area contributed by atoms with Gasteiger partial charge in [0.2, 0.25) is 0 Å². The van der Waals surface area contributed by atoms with Crippen molar-refractivity contribution in [1.29, 1.82) is 5.26 Å². The molecule has 210 valence electrons. The van der Waals surface area contributed by atoms with Crippen LogP contribution in [-0.4, -0.2) is 63.1 Å². The van der Waals surface area contributed by atoms with Gasteiger partial charge in [-0.1, -0.05) is 24.8 Å². The molecule has 5 rings (SSSR count). The highest BCUT2D eigenvalue weighted by Crippen LogP contribution is 2.37. The molecule has 3 heterocycles. The van der Waals surface area contributed by atoms with Crippen molar-refractivity contribution in [2.75, 3.05) is 26.7 Å². The highest BCUT2D eigenvalue weighted by atomic mass is 19.4. The van der Waals surface area contributed by atoms with Gasteiger partial charge in [0.05, 0.1) is 30.6 Å². The topological polar surface area (TPSA) is 86.8 Å². The van der Waals surface area contributed by atoms with Crippen LogP contribution >= 0.6 is 0 Å². The lowest BCUT2D eigenvalue weighted by atomic mass is 10.0. The molecule has 2 aromatic carbocycles. The van der Waals surface area contributed by atoms with Crippen molar-refractivity contribution >= 4 is 17.3 Å². The summed E-state index contributed by atoms with van der Waals surface area (Å²) in [7, 11) is 1.50. The number of hydrogen-bond donors (Lipinski definition) is 0. The Morgan fingerprint density at radius 3 is 2.46 bits per heavy atom. The van der Waals surface area contributed by atoms with Gasteiger partial charge in [-0.05, 0) is 44.2 Å². The molecule has 4 aromatic rings. The average molecular weight is 561 g/mol. The maximum Gasteiger partial charge on any atom is 0.433 e. The van der Waals surface area contributed by atoms with E-state index in [2.05, 4.69) is 22.7 Å². The number of nitriles is 1. The summed E-state index contributed by atoms with van der Waals surface area (Å²) < 4.78 is 48.8. The Balaban J connectivity index is 1.49. The van der Waals surface area contributed by atoms with Crippen LogP contribution in [0.15, 0.2) is 61.3 Å². The number of nitrogens with zero attached hydrogens (tertiary/aromatic N) is 6. The van der Waals surface area contributed by atoms with Gasteiger partial charge in [0, 0.05) is 48.1 Å². The third kappa shape index (κ3) is 4.97. The van der Waals surface area contributed by atoms with E-state index in [9.17, 15) is 23.2 Å². The normalized spacial score (nSPS) is 15.6. The quantitative estimate of drug-likeness (QED) is 0.324. The van der Waals surface area contributed by atoms with Crippen molar-refractivity contribution in [2.24, 2.45) is 0 Å². The predicted molar refractivity (Wildman–Crippen MR) is 147 cm³/mol. The minimum absolute atomic E-state index is 0.0146. The molecule has 1 fully saturated rings. The first-order valence-electron chi connectivity index (χ1n) is 12.9. The molecule has 0 bridgehead atoms. The van der Waals surface area contributed by atoms with Crippen molar-refractivity contribution in [2.45, 2.75) is 26.1 Å². The van der Waals surface area contributed by atoms with Gasteiger partial charge in [-0.3, -0.25) is 4.79 Å². The summed E-state index contributed by atoms with van der Waals surface area (Å²) in [6.45, 7) is 8.55. The molecule has 0 saturated carbocycles. The number of ether oxygens (including phenoxy) is 1. The fourth-order valence-electron chi connectivity index (χ4n) is 5.25. The number of hydrogen-bond acceptors (Lipinski definition) is 6. The van der Waals surface area contributed by atoms with Crippen LogP contribution in [0.2, 0.25) is 0 Å². The minimum atomic E-state index is -4.74. The van der Waals surface area contributed by atoms with Crippen LogP contribution < -0.4 is 4.74 Å². The molecule has 1 aliphatic heterocycles.